The Morgan fingerprint density at radius 1 is 1.41 bits per heavy atom. The predicted molar refractivity (Wildman–Crippen MR) is 107 cm³/mol. The zero-order chi connectivity index (χ0) is 20.9. The molecule has 29 heavy (non-hydrogen) atoms. The van der Waals surface area contributed by atoms with Gasteiger partial charge in [0.1, 0.15) is 5.56 Å². The van der Waals surface area contributed by atoms with Crippen LogP contribution in [0.25, 0.3) is 5.52 Å². The third kappa shape index (κ3) is 3.40. The van der Waals surface area contributed by atoms with Crippen LogP contribution in [0.3, 0.4) is 0 Å². The number of aryl methyl sites for hydroxylation is 1. The second-order valence-electron chi connectivity index (χ2n) is 8.18. The van der Waals surface area contributed by atoms with Crippen LogP contribution in [0.15, 0.2) is 17.1 Å². The molecule has 2 fully saturated rings. The van der Waals surface area contributed by atoms with Crippen molar-refractivity contribution in [1.82, 2.24) is 4.40 Å². The van der Waals surface area contributed by atoms with Gasteiger partial charge in [0.15, 0.2) is 5.82 Å². The summed E-state index contributed by atoms with van der Waals surface area (Å²) >= 11 is 0. The Balaban J connectivity index is 1.83. The highest BCUT2D eigenvalue weighted by Gasteiger charge is 2.33. The van der Waals surface area contributed by atoms with Crippen molar-refractivity contribution in [2.75, 3.05) is 31.7 Å². The summed E-state index contributed by atoms with van der Waals surface area (Å²) in [7, 11) is 1.61. The number of aromatic nitrogens is 1. The molecule has 1 saturated heterocycles. The number of ether oxygens (including phenoxy) is 1. The number of pyridine rings is 2. The van der Waals surface area contributed by atoms with E-state index < -0.39 is 17.3 Å². The number of hydrogen-bond donors (Lipinski definition) is 2. The third-order valence-corrected chi connectivity index (χ3v) is 6.20. The fraction of sp³-hybridized carbons (Fsp3) is 0.524. The molecule has 0 amide bonds. The molecule has 1 aliphatic carbocycles. The molecule has 1 saturated carbocycles. The number of aromatic carboxylic acids is 1. The molecular weight excluding hydrogens is 377 g/mol. The molecule has 1 unspecified atom stereocenters. The number of hydrogen-bond acceptors (Lipinski definition) is 5. The number of anilines is 1. The molecule has 3 heterocycles. The minimum absolute atomic E-state index is 0.114. The summed E-state index contributed by atoms with van der Waals surface area (Å²) in [6.07, 6.45) is 3.86. The normalized spacial score (nSPS) is 20.4. The highest BCUT2D eigenvalue weighted by Crippen LogP contribution is 2.44. The fourth-order valence-electron chi connectivity index (χ4n) is 4.56. The van der Waals surface area contributed by atoms with Crippen LogP contribution in [0.1, 0.15) is 46.7 Å². The summed E-state index contributed by atoms with van der Waals surface area (Å²) in [6, 6.07) is 1.37. The zero-order valence-corrected chi connectivity index (χ0v) is 16.7. The quantitative estimate of drug-likeness (QED) is 0.767. The van der Waals surface area contributed by atoms with Gasteiger partial charge in [-0.1, -0.05) is 0 Å². The first-order valence-corrected chi connectivity index (χ1v) is 9.94. The predicted octanol–water partition coefficient (Wildman–Crippen LogP) is 2.12. The number of fused-ring (bicyclic) bond motifs is 1. The van der Waals surface area contributed by atoms with Crippen LogP contribution in [0.2, 0.25) is 0 Å². The van der Waals surface area contributed by atoms with Gasteiger partial charge in [0.25, 0.3) is 5.56 Å². The third-order valence-electron chi connectivity index (χ3n) is 6.20. The summed E-state index contributed by atoms with van der Waals surface area (Å²) in [5.74, 6) is -1.41. The molecule has 3 N–H and O–H groups in total. The second-order valence-corrected chi connectivity index (χ2v) is 8.18. The van der Waals surface area contributed by atoms with Gasteiger partial charge in [-0.05, 0) is 55.2 Å². The maximum Gasteiger partial charge on any atom is 0.341 e. The van der Waals surface area contributed by atoms with Crippen LogP contribution in [0.4, 0.5) is 10.1 Å². The van der Waals surface area contributed by atoms with Crippen LogP contribution in [0.5, 0.6) is 0 Å². The minimum atomic E-state index is -1.29. The van der Waals surface area contributed by atoms with E-state index in [4.69, 9.17) is 10.5 Å². The summed E-state index contributed by atoms with van der Waals surface area (Å²) in [5.41, 5.74) is 7.75. The molecule has 4 rings (SSSR count). The van der Waals surface area contributed by atoms with Gasteiger partial charge in [0.2, 0.25) is 0 Å². The van der Waals surface area contributed by atoms with Crippen molar-refractivity contribution >= 4 is 17.2 Å². The van der Waals surface area contributed by atoms with E-state index >= 15 is 4.39 Å². The molecule has 2 atom stereocenters. The second kappa shape index (κ2) is 7.42. The van der Waals surface area contributed by atoms with Gasteiger partial charge in [0, 0.05) is 26.2 Å². The Kier molecular flexibility index (Phi) is 5.08. The van der Waals surface area contributed by atoms with E-state index in [1.807, 2.05) is 11.8 Å². The molecule has 0 radical (unpaired) electrons. The number of nitrogens with two attached hydrogens (primary N) is 1. The lowest BCUT2D eigenvalue weighted by Gasteiger charge is -2.25. The van der Waals surface area contributed by atoms with E-state index in [9.17, 15) is 14.7 Å². The maximum absolute atomic E-state index is 15.2. The molecule has 7 nitrogen and oxygen atoms in total. The summed E-state index contributed by atoms with van der Waals surface area (Å²) in [5, 5.41) is 9.41. The van der Waals surface area contributed by atoms with E-state index in [0.29, 0.717) is 36.5 Å². The van der Waals surface area contributed by atoms with Gasteiger partial charge in [-0.15, -0.1) is 0 Å². The minimum Gasteiger partial charge on any atom is -0.477 e. The van der Waals surface area contributed by atoms with Crippen LogP contribution in [-0.4, -0.2) is 48.3 Å². The van der Waals surface area contributed by atoms with Gasteiger partial charge in [0.05, 0.1) is 24.0 Å². The lowest BCUT2D eigenvalue weighted by Crippen LogP contribution is -2.36. The van der Waals surface area contributed by atoms with E-state index in [0.717, 1.165) is 31.0 Å². The highest BCUT2D eigenvalue weighted by molar-refractivity contribution is 5.89. The van der Waals surface area contributed by atoms with Crippen molar-refractivity contribution in [1.29, 1.82) is 0 Å². The maximum atomic E-state index is 15.2. The van der Waals surface area contributed by atoms with Crippen molar-refractivity contribution in [2.45, 2.75) is 38.1 Å². The van der Waals surface area contributed by atoms with E-state index in [2.05, 4.69) is 0 Å². The summed E-state index contributed by atoms with van der Waals surface area (Å²) < 4.78 is 21.5. The Hall–Kier alpha value is -2.45. The molecule has 8 heteroatoms. The molecule has 0 bridgehead atoms. The van der Waals surface area contributed by atoms with Crippen molar-refractivity contribution in [3.05, 3.63) is 45.1 Å². The number of halogens is 1. The van der Waals surface area contributed by atoms with Crippen LogP contribution < -0.4 is 16.2 Å². The number of methoxy groups -OCH3 is 1. The first kappa shape index (κ1) is 19.8. The number of carboxylic acids is 1. The molecule has 2 aliphatic rings. The van der Waals surface area contributed by atoms with Gasteiger partial charge < -0.3 is 20.5 Å². The van der Waals surface area contributed by atoms with Crippen molar-refractivity contribution in [3.63, 3.8) is 0 Å². The van der Waals surface area contributed by atoms with Crippen molar-refractivity contribution < 1.29 is 19.0 Å². The molecule has 156 valence electrons. The first-order valence-electron chi connectivity index (χ1n) is 9.94. The topological polar surface area (TPSA) is 97.3 Å². The first-order chi connectivity index (χ1) is 13.8. The smallest absolute Gasteiger partial charge is 0.341 e. The summed E-state index contributed by atoms with van der Waals surface area (Å²) in [4.78, 5) is 26.2. The number of rotatable bonds is 6. The van der Waals surface area contributed by atoms with E-state index in [1.165, 1.54) is 10.5 Å². The lowest BCUT2D eigenvalue weighted by atomic mass is 10.0. The molecule has 2 aromatic rings. The Labute approximate surface area is 167 Å². The van der Waals surface area contributed by atoms with E-state index in [1.54, 1.807) is 7.11 Å². The Morgan fingerprint density at radius 3 is 2.76 bits per heavy atom. The zero-order valence-electron chi connectivity index (χ0n) is 16.7. The Morgan fingerprint density at radius 2 is 2.14 bits per heavy atom. The largest absolute Gasteiger partial charge is 0.477 e. The van der Waals surface area contributed by atoms with Gasteiger partial charge in [-0.2, -0.15) is 0 Å². The van der Waals surface area contributed by atoms with Gasteiger partial charge in [-0.3, -0.25) is 9.20 Å². The van der Waals surface area contributed by atoms with Crippen molar-refractivity contribution in [2.24, 2.45) is 11.7 Å². The molecule has 0 spiro atoms. The Bertz CT molecular complexity index is 1030. The van der Waals surface area contributed by atoms with Crippen LogP contribution >= 0.6 is 0 Å². The summed E-state index contributed by atoms with van der Waals surface area (Å²) in [6.45, 7) is 3.56. The van der Waals surface area contributed by atoms with Gasteiger partial charge in [-0.25, -0.2) is 9.18 Å². The number of carboxylic acid groups (broad SMARTS) is 1. The fourth-order valence-corrected chi connectivity index (χ4v) is 4.56. The molecular formula is C21H26FN3O4. The number of carbonyl (C=O) groups is 1. The highest BCUT2D eigenvalue weighted by atomic mass is 19.1. The van der Waals surface area contributed by atoms with E-state index in [-0.39, 0.29) is 23.4 Å². The van der Waals surface area contributed by atoms with Crippen LogP contribution in [0, 0.1) is 18.7 Å². The van der Waals surface area contributed by atoms with Crippen LogP contribution in [-0.2, 0) is 4.74 Å². The monoisotopic (exact) mass is 403 g/mol. The number of nitrogens with zero attached hydrogens (tertiary/aromatic N) is 2. The lowest BCUT2D eigenvalue weighted by molar-refractivity contribution is 0.0694. The van der Waals surface area contributed by atoms with Crippen molar-refractivity contribution in [3.8, 4) is 0 Å². The SMILES string of the molecule is COC[C@H](N)C1CCN(c2c(F)cn3c(=O)c(C(=O)O)cc(C4CC4)c3c2C)C1. The standard InChI is InChI=1S/C21H26FN3O4/c1-11-18-14(12-3-4-12)7-15(21(27)28)20(26)25(18)9-16(22)19(11)24-6-5-13(8-24)17(23)10-29-2/h7,9,12-13,17H,3-6,8,10,23H2,1-2H3,(H,27,28)/t13?,17-/m0/s1. The van der Waals surface area contributed by atoms with Gasteiger partial charge >= 0.3 is 5.97 Å². The average molecular weight is 403 g/mol. The molecule has 1 aliphatic heterocycles. The molecule has 0 aromatic carbocycles. The molecule has 2 aromatic heterocycles. The average Bonchev–Trinajstić information content (AvgIpc) is 3.40.